The van der Waals surface area contributed by atoms with Gasteiger partial charge in [0.2, 0.25) is 0 Å². The summed E-state index contributed by atoms with van der Waals surface area (Å²) in [5, 5.41) is 1.21. The van der Waals surface area contributed by atoms with Gasteiger partial charge in [-0.2, -0.15) is 25.7 Å². The van der Waals surface area contributed by atoms with Gasteiger partial charge < -0.3 is 0 Å². The van der Waals surface area contributed by atoms with Crippen molar-refractivity contribution in [3.05, 3.63) is 59.7 Å². The van der Waals surface area contributed by atoms with Crippen molar-refractivity contribution in [2.75, 3.05) is 11.5 Å². The number of benzene rings is 2. The van der Waals surface area contributed by atoms with E-state index in [1.165, 1.54) is 47.8 Å². The van der Waals surface area contributed by atoms with Crippen LogP contribution < -0.4 is 11.7 Å². The molecule has 1 saturated carbocycles. The molecule has 2 aromatic rings. The highest BCUT2D eigenvalue weighted by atomic mass is 32.2. The lowest BCUT2D eigenvalue weighted by Gasteiger charge is -2.31. The van der Waals surface area contributed by atoms with Gasteiger partial charge in [0.1, 0.15) is 10.6 Å². The van der Waals surface area contributed by atoms with Gasteiger partial charge in [-0.15, -0.1) is 11.8 Å². The van der Waals surface area contributed by atoms with E-state index in [1.807, 2.05) is 13.8 Å². The van der Waals surface area contributed by atoms with E-state index in [2.05, 4.69) is 0 Å². The van der Waals surface area contributed by atoms with Crippen LogP contribution in [0.15, 0.2) is 68.3 Å². The third kappa shape index (κ3) is 7.72. The number of carbonyl (C=O) groups is 2. The van der Waals surface area contributed by atoms with E-state index in [-0.39, 0.29) is 38.6 Å². The molecule has 4 rings (SSSR count). The number of thioether (sulfide) groups is 2. The van der Waals surface area contributed by atoms with Crippen LogP contribution in [0.3, 0.4) is 0 Å². The van der Waals surface area contributed by atoms with Crippen LogP contribution in [0.25, 0.3) is 0 Å². The van der Waals surface area contributed by atoms with Gasteiger partial charge in [0, 0.05) is 24.3 Å². The Labute approximate surface area is 266 Å². The third-order valence-corrected chi connectivity index (χ3v) is 12.5. The summed E-state index contributed by atoms with van der Waals surface area (Å²) >= 11 is 2.58. The maximum atomic E-state index is 12.8. The first kappa shape index (κ1) is 34.1. The highest BCUT2D eigenvalue weighted by Crippen LogP contribution is 2.41. The third-order valence-electron chi connectivity index (χ3n) is 7.33. The molecule has 238 valence electrons. The molecule has 44 heavy (non-hydrogen) atoms. The normalized spacial score (nSPS) is 16.4. The highest BCUT2D eigenvalue weighted by molar-refractivity contribution is 8.15. The molecule has 1 heterocycles. The van der Waals surface area contributed by atoms with Crippen LogP contribution in [0.5, 0.6) is 0 Å². The molecule has 0 unspecified atom stereocenters. The van der Waals surface area contributed by atoms with E-state index < -0.39 is 37.4 Å². The average molecular weight is 681 g/mol. The Morgan fingerprint density at radius 2 is 1.18 bits per heavy atom. The number of hydrogen-bond donors (Lipinski definition) is 2. The van der Waals surface area contributed by atoms with Crippen LogP contribution in [-0.2, 0) is 29.6 Å². The van der Waals surface area contributed by atoms with E-state index >= 15 is 0 Å². The van der Waals surface area contributed by atoms with Crippen molar-refractivity contribution in [2.45, 2.75) is 74.1 Å². The maximum Gasteiger partial charge on any atom is 0.280 e. The minimum atomic E-state index is -4.17. The molecular formula is C28H36N6O6S4. The van der Waals surface area contributed by atoms with Crippen LogP contribution in [0.2, 0.25) is 0 Å². The number of amidine groups is 1. The molecule has 1 fully saturated rings. The molecule has 1 aliphatic carbocycles. The van der Waals surface area contributed by atoms with E-state index in [0.29, 0.717) is 9.58 Å². The van der Waals surface area contributed by atoms with Gasteiger partial charge in [-0.05, 0) is 51.0 Å². The lowest BCUT2D eigenvalue weighted by atomic mass is 9.83. The smallest absolute Gasteiger partial charge is 0.272 e. The predicted molar refractivity (Wildman–Crippen MR) is 174 cm³/mol. The number of rotatable bonds is 10. The maximum absolute atomic E-state index is 12.8. The summed E-state index contributed by atoms with van der Waals surface area (Å²) in [6, 6.07) is 12.1. The van der Waals surface area contributed by atoms with Crippen molar-refractivity contribution in [3.63, 3.8) is 0 Å². The summed E-state index contributed by atoms with van der Waals surface area (Å²) in [7, 11) is -8.34. The molecule has 2 aliphatic rings. The van der Waals surface area contributed by atoms with Gasteiger partial charge in [-0.1, -0.05) is 66.4 Å². The average Bonchev–Trinajstić information content (AvgIpc) is 3.32. The summed E-state index contributed by atoms with van der Waals surface area (Å²) in [5.41, 5.74) is 1.23. The molecule has 2 aromatic carbocycles. The quantitative estimate of drug-likeness (QED) is 0.214. The number of aliphatic imine (C=N–C) groups is 2. The zero-order valence-electron chi connectivity index (χ0n) is 24.5. The molecule has 0 radical (unpaired) electrons. The monoisotopic (exact) mass is 680 g/mol. The van der Waals surface area contributed by atoms with Crippen LogP contribution >= 0.6 is 23.5 Å². The summed E-state index contributed by atoms with van der Waals surface area (Å²) in [6.07, 6.45) is 4.29. The van der Waals surface area contributed by atoms with Crippen molar-refractivity contribution in [1.29, 1.82) is 0 Å². The molecule has 1 spiro atoms. The zero-order chi connectivity index (χ0) is 32.1. The number of hydrazine groups is 2. The van der Waals surface area contributed by atoms with E-state index in [9.17, 15) is 26.4 Å². The molecule has 12 nitrogen and oxygen atoms in total. The van der Waals surface area contributed by atoms with Crippen molar-refractivity contribution < 1.29 is 26.4 Å². The van der Waals surface area contributed by atoms with E-state index in [0.717, 1.165) is 48.3 Å². The van der Waals surface area contributed by atoms with Crippen LogP contribution in [-0.4, -0.2) is 64.7 Å². The first-order valence-corrected chi connectivity index (χ1v) is 18.9. The number of carbonyl (C=O) groups excluding carboxylic acids is 2. The Bertz CT molecular complexity index is 1650. The molecule has 0 atom stereocenters. The SMILES string of the molecule is Cc1ccc(S(=O)(=O)N(N)C(=O)CCSC2=NC3(CCCCC3)C(SCCC(=O)N(N)S(=O)(=O)c3ccc(C)cc3)=N2)cc1. The summed E-state index contributed by atoms with van der Waals surface area (Å²) < 4.78 is 51.6. The topological polar surface area (TPSA) is 186 Å². The van der Waals surface area contributed by atoms with Crippen LogP contribution in [0.4, 0.5) is 0 Å². The van der Waals surface area contributed by atoms with Crippen molar-refractivity contribution in [3.8, 4) is 0 Å². The van der Waals surface area contributed by atoms with E-state index in [1.54, 1.807) is 24.3 Å². The van der Waals surface area contributed by atoms with Gasteiger partial charge >= 0.3 is 0 Å². The molecule has 1 aliphatic heterocycles. The molecule has 0 saturated heterocycles. The second-order valence-electron chi connectivity index (χ2n) is 10.6. The minimum absolute atomic E-state index is 0.0630. The lowest BCUT2D eigenvalue weighted by Crippen LogP contribution is -2.42. The Hall–Kier alpha value is -2.76. The van der Waals surface area contributed by atoms with Crippen molar-refractivity contribution in [1.82, 2.24) is 8.83 Å². The fourth-order valence-electron chi connectivity index (χ4n) is 4.74. The number of sulfonamides is 2. The number of aryl methyl sites for hydroxylation is 2. The van der Waals surface area contributed by atoms with Crippen molar-refractivity contribution in [2.24, 2.45) is 21.7 Å². The Morgan fingerprint density at radius 1 is 0.750 bits per heavy atom. The zero-order valence-corrected chi connectivity index (χ0v) is 27.8. The molecule has 2 amide bonds. The number of nitrogens with two attached hydrogens (primary N) is 2. The molecule has 4 N–H and O–H groups in total. The summed E-state index contributed by atoms with van der Waals surface area (Å²) in [5.74, 6) is 10.4. The second kappa shape index (κ2) is 14.1. The first-order valence-electron chi connectivity index (χ1n) is 14.0. The lowest BCUT2D eigenvalue weighted by molar-refractivity contribution is -0.127. The largest absolute Gasteiger partial charge is 0.280 e. The molecular weight excluding hydrogens is 645 g/mol. The van der Waals surface area contributed by atoms with Gasteiger partial charge in [-0.25, -0.2) is 21.7 Å². The Balaban J connectivity index is 1.34. The summed E-state index contributed by atoms with van der Waals surface area (Å²) in [6.45, 7) is 3.65. The Kier molecular flexibility index (Phi) is 11.0. The van der Waals surface area contributed by atoms with Gasteiger partial charge in [0.15, 0.2) is 5.17 Å². The first-order chi connectivity index (χ1) is 20.8. The van der Waals surface area contributed by atoms with Crippen LogP contribution in [0.1, 0.15) is 56.1 Å². The van der Waals surface area contributed by atoms with Crippen LogP contribution in [0, 0.1) is 13.8 Å². The molecule has 16 heteroatoms. The van der Waals surface area contributed by atoms with E-state index in [4.69, 9.17) is 21.7 Å². The molecule has 0 bridgehead atoms. The number of amides is 2. The fraction of sp³-hybridized carbons (Fsp3) is 0.429. The Morgan fingerprint density at radius 3 is 1.64 bits per heavy atom. The second-order valence-corrected chi connectivity index (χ2v) is 16.4. The molecule has 0 aromatic heterocycles. The standard InChI is InChI=1S/C28H36N6O6S4/c1-20-6-10-22(11-7-20)43(37,38)33(29)24(35)14-18-41-26-28(16-4-3-5-17-28)32-27(31-26)42-19-15-25(36)34(30)44(39,40)23-12-8-21(2)9-13-23/h6-13H,3-5,14-19,29-30H2,1-2H3. The highest BCUT2D eigenvalue weighted by Gasteiger charge is 2.41. The van der Waals surface area contributed by atoms with Gasteiger partial charge in [0.05, 0.1) is 9.79 Å². The number of hydrogen-bond acceptors (Lipinski definition) is 12. The van der Waals surface area contributed by atoms with Gasteiger partial charge in [0.25, 0.3) is 31.9 Å². The summed E-state index contributed by atoms with van der Waals surface area (Å²) in [4.78, 5) is 34.8. The number of nitrogens with zero attached hydrogens (tertiary/aromatic N) is 4. The minimum Gasteiger partial charge on any atom is -0.272 e. The van der Waals surface area contributed by atoms with Crippen molar-refractivity contribution >= 4 is 65.6 Å². The predicted octanol–water partition coefficient (Wildman–Crippen LogP) is 3.50. The fourth-order valence-corrected chi connectivity index (χ4v) is 8.93. The van der Waals surface area contributed by atoms with Gasteiger partial charge in [-0.3, -0.25) is 9.59 Å².